The van der Waals surface area contributed by atoms with Gasteiger partial charge >= 0.3 is 0 Å². The Morgan fingerprint density at radius 1 is 0.821 bits per heavy atom. The molecule has 152 valence electrons. The van der Waals surface area contributed by atoms with E-state index in [0.29, 0.717) is 34.3 Å². The summed E-state index contributed by atoms with van der Waals surface area (Å²) in [5.41, 5.74) is 1.59. The molecule has 1 N–H and O–H groups in total. The van der Waals surface area contributed by atoms with Gasteiger partial charge in [0.15, 0.2) is 23.0 Å². The second-order valence-corrected chi connectivity index (χ2v) is 6.14. The maximum Gasteiger partial charge on any atom is 0.203 e. The van der Waals surface area contributed by atoms with Gasteiger partial charge in [0.1, 0.15) is 12.2 Å². The Hall–Kier alpha value is -2.86. The summed E-state index contributed by atoms with van der Waals surface area (Å²) in [6.45, 7) is 3.74. The SMILES string of the molecule is CC=Cc1ccc(O[C@H](C)[C@@H](O)c2cc(OC)c(OC)c(OC)c2)c(OC)c1. The van der Waals surface area contributed by atoms with E-state index in [1.54, 1.807) is 26.2 Å². The third-order valence-corrected chi connectivity index (χ3v) is 4.33. The lowest BCUT2D eigenvalue weighted by molar-refractivity contribution is 0.0448. The van der Waals surface area contributed by atoms with Crippen LogP contribution in [0.2, 0.25) is 0 Å². The fraction of sp³-hybridized carbons (Fsp3) is 0.364. The molecule has 0 saturated heterocycles. The van der Waals surface area contributed by atoms with E-state index in [4.69, 9.17) is 23.7 Å². The summed E-state index contributed by atoms with van der Waals surface area (Å²) in [4.78, 5) is 0. The summed E-state index contributed by atoms with van der Waals surface area (Å²) in [6.07, 6.45) is 2.45. The predicted molar refractivity (Wildman–Crippen MR) is 109 cm³/mol. The number of hydrogen-bond acceptors (Lipinski definition) is 6. The van der Waals surface area contributed by atoms with Gasteiger partial charge in [-0.2, -0.15) is 0 Å². The Balaban J connectivity index is 2.29. The van der Waals surface area contributed by atoms with Crippen LogP contribution in [0.3, 0.4) is 0 Å². The fourth-order valence-corrected chi connectivity index (χ4v) is 2.89. The van der Waals surface area contributed by atoms with Crippen molar-refractivity contribution in [2.75, 3.05) is 28.4 Å². The Kier molecular flexibility index (Phi) is 7.58. The highest BCUT2D eigenvalue weighted by atomic mass is 16.5. The van der Waals surface area contributed by atoms with E-state index in [9.17, 15) is 5.11 Å². The van der Waals surface area contributed by atoms with Gasteiger partial charge < -0.3 is 28.8 Å². The summed E-state index contributed by atoms with van der Waals surface area (Å²) in [6, 6.07) is 9.05. The minimum absolute atomic E-state index is 0.468. The van der Waals surface area contributed by atoms with Crippen molar-refractivity contribution < 1.29 is 28.8 Å². The van der Waals surface area contributed by atoms with E-state index < -0.39 is 12.2 Å². The van der Waals surface area contributed by atoms with Crippen LogP contribution in [0.4, 0.5) is 0 Å². The van der Waals surface area contributed by atoms with Crippen LogP contribution in [0.1, 0.15) is 31.1 Å². The Bertz CT molecular complexity index is 790. The van der Waals surface area contributed by atoms with Crippen LogP contribution >= 0.6 is 0 Å². The molecule has 0 aliphatic rings. The molecule has 2 aromatic carbocycles. The molecule has 2 rings (SSSR count). The third kappa shape index (κ3) is 4.70. The molecule has 0 radical (unpaired) electrons. The Labute approximate surface area is 166 Å². The molecule has 2 atom stereocenters. The number of aliphatic hydroxyl groups excluding tert-OH is 1. The summed E-state index contributed by atoms with van der Waals surface area (Å²) < 4.78 is 27.4. The maximum absolute atomic E-state index is 10.8. The molecule has 0 spiro atoms. The molecule has 28 heavy (non-hydrogen) atoms. The van der Waals surface area contributed by atoms with Crippen LogP contribution in [-0.2, 0) is 0 Å². The van der Waals surface area contributed by atoms with E-state index in [0.717, 1.165) is 5.56 Å². The van der Waals surface area contributed by atoms with E-state index in [2.05, 4.69) is 0 Å². The van der Waals surface area contributed by atoms with Gasteiger partial charge in [0.05, 0.1) is 28.4 Å². The van der Waals surface area contributed by atoms with Crippen LogP contribution < -0.4 is 23.7 Å². The van der Waals surface area contributed by atoms with Gasteiger partial charge in [0.25, 0.3) is 0 Å². The number of allylic oxidation sites excluding steroid dienone is 1. The lowest BCUT2D eigenvalue weighted by Crippen LogP contribution is -2.22. The van der Waals surface area contributed by atoms with Crippen molar-refractivity contribution in [1.29, 1.82) is 0 Å². The number of methoxy groups -OCH3 is 4. The van der Waals surface area contributed by atoms with Gasteiger partial charge in [-0.25, -0.2) is 0 Å². The lowest BCUT2D eigenvalue weighted by atomic mass is 10.0. The van der Waals surface area contributed by atoms with Crippen molar-refractivity contribution in [3.8, 4) is 28.7 Å². The summed E-state index contributed by atoms with van der Waals surface area (Å²) in [7, 11) is 6.18. The minimum atomic E-state index is -0.923. The van der Waals surface area contributed by atoms with E-state index in [1.165, 1.54) is 21.3 Å². The van der Waals surface area contributed by atoms with Crippen molar-refractivity contribution in [3.05, 3.63) is 47.5 Å². The molecule has 0 aliphatic carbocycles. The molecular formula is C22H28O6. The van der Waals surface area contributed by atoms with Crippen molar-refractivity contribution in [3.63, 3.8) is 0 Å². The zero-order valence-electron chi connectivity index (χ0n) is 17.2. The van der Waals surface area contributed by atoms with E-state index >= 15 is 0 Å². The summed E-state index contributed by atoms with van der Waals surface area (Å²) in [5, 5.41) is 10.8. The monoisotopic (exact) mass is 388 g/mol. The van der Waals surface area contributed by atoms with Crippen LogP contribution in [0.25, 0.3) is 6.08 Å². The largest absolute Gasteiger partial charge is 0.493 e. The Morgan fingerprint density at radius 2 is 1.43 bits per heavy atom. The smallest absolute Gasteiger partial charge is 0.203 e. The molecule has 6 heteroatoms. The molecule has 0 unspecified atom stereocenters. The molecule has 0 fully saturated rings. The quantitative estimate of drug-likeness (QED) is 0.693. The number of aliphatic hydroxyl groups is 1. The zero-order chi connectivity index (χ0) is 20.7. The Morgan fingerprint density at radius 3 is 1.93 bits per heavy atom. The highest BCUT2D eigenvalue weighted by molar-refractivity contribution is 5.56. The molecular weight excluding hydrogens is 360 g/mol. The van der Waals surface area contributed by atoms with E-state index in [1.807, 2.05) is 37.3 Å². The number of benzene rings is 2. The molecule has 2 aromatic rings. The van der Waals surface area contributed by atoms with Crippen molar-refractivity contribution in [2.24, 2.45) is 0 Å². The van der Waals surface area contributed by atoms with Gasteiger partial charge in [0, 0.05) is 0 Å². The first-order valence-electron chi connectivity index (χ1n) is 8.94. The van der Waals surface area contributed by atoms with Gasteiger partial charge in [-0.1, -0.05) is 18.2 Å². The number of hydrogen-bond donors (Lipinski definition) is 1. The fourth-order valence-electron chi connectivity index (χ4n) is 2.89. The standard InChI is InChI=1S/C22H28O6/c1-7-8-15-9-10-17(18(11-15)24-3)28-14(2)21(23)16-12-19(25-4)22(27-6)20(13-16)26-5/h7-14,21,23H,1-6H3/t14-,21-/m1/s1. The molecule has 0 amide bonds. The normalized spacial score (nSPS) is 13.1. The number of rotatable bonds is 9. The molecule has 0 aromatic heterocycles. The van der Waals surface area contributed by atoms with Crippen molar-refractivity contribution in [2.45, 2.75) is 26.1 Å². The molecule has 0 saturated carbocycles. The maximum atomic E-state index is 10.8. The first-order chi connectivity index (χ1) is 13.5. The average molecular weight is 388 g/mol. The lowest BCUT2D eigenvalue weighted by Gasteiger charge is -2.23. The second kappa shape index (κ2) is 9.90. The molecule has 0 heterocycles. The van der Waals surface area contributed by atoms with Crippen LogP contribution in [0.15, 0.2) is 36.4 Å². The van der Waals surface area contributed by atoms with E-state index in [-0.39, 0.29) is 0 Å². The highest BCUT2D eigenvalue weighted by Gasteiger charge is 2.23. The zero-order valence-corrected chi connectivity index (χ0v) is 17.2. The topological polar surface area (TPSA) is 66.4 Å². The molecule has 0 aliphatic heterocycles. The van der Waals surface area contributed by atoms with Crippen molar-refractivity contribution in [1.82, 2.24) is 0 Å². The van der Waals surface area contributed by atoms with Crippen LogP contribution in [0, 0.1) is 0 Å². The van der Waals surface area contributed by atoms with Crippen LogP contribution in [-0.4, -0.2) is 39.6 Å². The minimum Gasteiger partial charge on any atom is -0.493 e. The first-order valence-corrected chi connectivity index (χ1v) is 8.94. The third-order valence-electron chi connectivity index (χ3n) is 4.33. The summed E-state index contributed by atoms with van der Waals surface area (Å²) >= 11 is 0. The molecule has 0 bridgehead atoms. The first kappa shape index (κ1) is 21.4. The van der Waals surface area contributed by atoms with Gasteiger partial charge in [-0.3, -0.25) is 0 Å². The van der Waals surface area contributed by atoms with Gasteiger partial charge in [-0.15, -0.1) is 0 Å². The average Bonchev–Trinajstić information content (AvgIpc) is 2.72. The van der Waals surface area contributed by atoms with Gasteiger partial charge in [0.2, 0.25) is 5.75 Å². The van der Waals surface area contributed by atoms with Crippen molar-refractivity contribution >= 4 is 6.08 Å². The number of ether oxygens (including phenoxy) is 5. The van der Waals surface area contributed by atoms with Gasteiger partial charge in [-0.05, 0) is 49.2 Å². The molecule has 6 nitrogen and oxygen atoms in total. The predicted octanol–water partition coefficient (Wildman–Crippen LogP) is 4.26. The second-order valence-electron chi connectivity index (χ2n) is 6.14. The van der Waals surface area contributed by atoms with Crippen LogP contribution in [0.5, 0.6) is 28.7 Å². The summed E-state index contributed by atoms with van der Waals surface area (Å²) in [5.74, 6) is 2.55. The highest BCUT2D eigenvalue weighted by Crippen LogP contribution is 2.40.